The number of halogens is 1. The van der Waals surface area contributed by atoms with E-state index in [4.69, 9.17) is 4.74 Å². The topological polar surface area (TPSA) is 70.2 Å². The van der Waals surface area contributed by atoms with Crippen LogP contribution in [0.4, 0.5) is 5.95 Å². The summed E-state index contributed by atoms with van der Waals surface area (Å²) in [6.45, 7) is 4.98. The molecule has 0 amide bonds. The molecule has 2 aliphatic heterocycles. The highest BCUT2D eigenvalue weighted by molar-refractivity contribution is 5.85. The van der Waals surface area contributed by atoms with Crippen LogP contribution in [0.15, 0.2) is 10.9 Å². The van der Waals surface area contributed by atoms with Gasteiger partial charge in [0.1, 0.15) is 0 Å². The Balaban J connectivity index is 0.00000147. The van der Waals surface area contributed by atoms with Crippen LogP contribution in [-0.2, 0) is 4.74 Å². The lowest BCUT2D eigenvalue weighted by Gasteiger charge is -2.28. The Morgan fingerprint density at radius 2 is 1.95 bits per heavy atom. The van der Waals surface area contributed by atoms with E-state index in [1.165, 1.54) is 0 Å². The maximum absolute atomic E-state index is 11.8. The second-order valence-electron chi connectivity index (χ2n) is 5.12. The summed E-state index contributed by atoms with van der Waals surface area (Å²) in [4.78, 5) is 21.4. The zero-order valence-corrected chi connectivity index (χ0v) is 12.2. The predicted octanol–water partition coefficient (Wildman–Crippen LogP) is 0.495. The minimum absolute atomic E-state index is 0. The van der Waals surface area contributed by atoms with Crippen molar-refractivity contribution in [3.05, 3.63) is 22.1 Å². The molecule has 1 aromatic heterocycles. The molecule has 2 N–H and O–H groups in total. The highest BCUT2D eigenvalue weighted by Gasteiger charge is 2.20. The zero-order valence-electron chi connectivity index (χ0n) is 11.4. The van der Waals surface area contributed by atoms with Crippen molar-refractivity contribution in [2.75, 3.05) is 44.3 Å². The van der Waals surface area contributed by atoms with E-state index in [0.29, 0.717) is 25.1 Å². The van der Waals surface area contributed by atoms with Crippen molar-refractivity contribution >= 4 is 18.4 Å². The van der Waals surface area contributed by atoms with E-state index < -0.39 is 0 Å². The normalized spacial score (nSPS) is 20.5. The lowest BCUT2D eigenvalue weighted by Crippen LogP contribution is -2.38. The lowest BCUT2D eigenvalue weighted by molar-refractivity contribution is 0.122. The van der Waals surface area contributed by atoms with Gasteiger partial charge in [-0.05, 0) is 25.9 Å². The fraction of sp³-hybridized carbons (Fsp3) is 0.692. The number of nitrogens with zero attached hydrogens (tertiary/aromatic N) is 2. The quantitative estimate of drug-likeness (QED) is 0.832. The number of nitrogens with one attached hydrogen (secondary N) is 2. The van der Waals surface area contributed by atoms with Crippen molar-refractivity contribution in [1.29, 1.82) is 0 Å². The third-order valence-corrected chi connectivity index (χ3v) is 3.82. The molecule has 2 fully saturated rings. The average molecular weight is 301 g/mol. The summed E-state index contributed by atoms with van der Waals surface area (Å²) in [5.41, 5.74) is 0.886. The van der Waals surface area contributed by atoms with Crippen LogP contribution >= 0.6 is 12.4 Å². The number of ether oxygens (including phenoxy) is 1. The second-order valence-corrected chi connectivity index (χ2v) is 5.12. The standard InChI is InChI=1S/C13H20N4O2.ClH/c18-12-9-11(10-1-3-14-4-2-10)15-13(16-12)17-5-7-19-8-6-17;/h9-10,14H,1-8H2,(H,15,16,18);1H. The SMILES string of the molecule is Cl.O=c1cc(C2CCNCC2)nc(N2CCOCC2)[nH]1. The minimum Gasteiger partial charge on any atom is -0.378 e. The highest BCUT2D eigenvalue weighted by atomic mass is 35.5. The van der Waals surface area contributed by atoms with Crippen molar-refractivity contribution in [1.82, 2.24) is 15.3 Å². The number of hydrogen-bond acceptors (Lipinski definition) is 5. The number of rotatable bonds is 2. The predicted molar refractivity (Wildman–Crippen MR) is 80.0 cm³/mol. The van der Waals surface area contributed by atoms with E-state index in [0.717, 1.165) is 44.7 Å². The van der Waals surface area contributed by atoms with Crippen LogP contribution in [0, 0.1) is 0 Å². The van der Waals surface area contributed by atoms with Gasteiger partial charge in [-0.15, -0.1) is 12.4 Å². The highest BCUT2D eigenvalue weighted by Crippen LogP contribution is 2.23. The van der Waals surface area contributed by atoms with E-state index in [1.54, 1.807) is 6.07 Å². The van der Waals surface area contributed by atoms with Crippen LogP contribution in [0.5, 0.6) is 0 Å². The number of H-pyrrole nitrogens is 1. The molecule has 3 heterocycles. The second kappa shape index (κ2) is 7.06. The third-order valence-electron chi connectivity index (χ3n) is 3.82. The molecule has 0 radical (unpaired) electrons. The van der Waals surface area contributed by atoms with Gasteiger partial charge in [-0.1, -0.05) is 0 Å². The molecule has 0 saturated carbocycles. The number of aromatic nitrogens is 2. The molecule has 1 aromatic rings. The molecule has 0 unspecified atom stereocenters. The average Bonchev–Trinajstić information content (AvgIpc) is 2.48. The van der Waals surface area contributed by atoms with Gasteiger partial charge in [-0.3, -0.25) is 9.78 Å². The van der Waals surface area contributed by atoms with E-state index >= 15 is 0 Å². The number of morpholine rings is 1. The fourth-order valence-electron chi connectivity index (χ4n) is 2.71. The molecule has 6 nitrogen and oxygen atoms in total. The number of hydrogen-bond donors (Lipinski definition) is 2. The molecule has 3 rings (SSSR count). The fourth-order valence-corrected chi connectivity index (χ4v) is 2.71. The first-order valence-electron chi connectivity index (χ1n) is 6.97. The summed E-state index contributed by atoms with van der Waals surface area (Å²) < 4.78 is 5.33. The Bertz CT molecular complexity index is 442. The summed E-state index contributed by atoms with van der Waals surface area (Å²) in [5.74, 6) is 1.10. The van der Waals surface area contributed by atoms with E-state index in [-0.39, 0.29) is 18.0 Å². The monoisotopic (exact) mass is 300 g/mol. The van der Waals surface area contributed by atoms with Gasteiger partial charge in [0.05, 0.1) is 18.9 Å². The molecule has 112 valence electrons. The van der Waals surface area contributed by atoms with Gasteiger partial charge in [0.25, 0.3) is 5.56 Å². The first kappa shape index (κ1) is 15.3. The van der Waals surface area contributed by atoms with Gasteiger partial charge in [-0.25, -0.2) is 4.98 Å². The van der Waals surface area contributed by atoms with Gasteiger partial charge >= 0.3 is 0 Å². The van der Waals surface area contributed by atoms with Gasteiger partial charge in [0, 0.05) is 25.1 Å². The smallest absolute Gasteiger partial charge is 0.252 e. The molecule has 0 aliphatic carbocycles. The van der Waals surface area contributed by atoms with Crippen LogP contribution in [0.25, 0.3) is 0 Å². The molecular formula is C13H21ClN4O2. The van der Waals surface area contributed by atoms with Gasteiger partial charge in [0.15, 0.2) is 0 Å². The maximum atomic E-state index is 11.8. The maximum Gasteiger partial charge on any atom is 0.252 e. The molecule has 20 heavy (non-hydrogen) atoms. The first-order valence-corrected chi connectivity index (χ1v) is 6.97. The Hall–Kier alpha value is -1.11. The summed E-state index contributed by atoms with van der Waals surface area (Å²) in [6, 6.07) is 1.65. The summed E-state index contributed by atoms with van der Waals surface area (Å²) in [6.07, 6.45) is 2.11. The zero-order chi connectivity index (χ0) is 13.1. The summed E-state index contributed by atoms with van der Waals surface area (Å²) in [7, 11) is 0. The van der Waals surface area contributed by atoms with Crippen molar-refractivity contribution in [3.8, 4) is 0 Å². The van der Waals surface area contributed by atoms with Crippen LogP contribution in [0.3, 0.4) is 0 Å². The largest absolute Gasteiger partial charge is 0.378 e. The van der Waals surface area contributed by atoms with Crippen LogP contribution in [0.1, 0.15) is 24.5 Å². The summed E-state index contributed by atoms with van der Waals surface area (Å²) >= 11 is 0. The number of aromatic amines is 1. The van der Waals surface area contributed by atoms with Crippen LogP contribution in [-0.4, -0.2) is 49.4 Å². The summed E-state index contributed by atoms with van der Waals surface area (Å²) in [5, 5.41) is 3.34. The van der Waals surface area contributed by atoms with E-state index in [1.807, 2.05) is 0 Å². The van der Waals surface area contributed by atoms with Gasteiger partial charge < -0.3 is 15.0 Å². The molecular weight excluding hydrogens is 280 g/mol. The van der Waals surface area contributed by atoms with Gasteiger partial charge in [0.2, 0.25) is 5.95 Å². The number of piperidine rings is 1. The first-order chi connectivity index (χ1) is 9.33. The minimum atomic E-state index is -0.0509. The van der Waals surface area contributed by atoms with Crippen molar-refractivity contribution in [2.24, 2.45) is 0 Å². The van der Waals surface area contributed by atoms with Crippen molar-refractivity contribution in [2.45, 2.75) is 18.8 Å². The van der Waals surface area contributed by atoms with Crippen molar-refractivity contribution < 1.29 is 4.74 Å². The van der Waals surface area contributed by atoms with Gasteiger partial charge in [-0.2, -0.15) is 0 Å². The molecule has 2 aliphatic rings. The molecule has 0 bridgehead atoms. The Labute approximate surface area is 124 Å². The lowest BCUT2D eigenvalue weighted by atomic mass is 9.94. The molecule has 0 aromatic carbocycles. The van der Waals surface area contributed by atoms with E-state index in [9.17, 15) is 4.79 Å². The Morgan fingerprint density at radius 3 is 2.65 bits per heavy atom. The number of anilines is 1. The molecule has 0 atom stereocenters. The molecule has 0 spiro atoms. The third kappa shape index (κ3) is 3.50. The molecule has 2 saturated heterocycles. The Morgan fingerprint density at radius 1 is 1.25 bits per heavy atom. The Kier molecular flexibility index (Phi) is 5.39. The van der Waals surface area contributed by atoms with E-state index in [2.05, 4.69) is 20.2 Å². The molecule has 7 heteroatoms. The van der Waals surface area contributed by atoms with Crippen LogP contribution in [0.2, 0.25) is 0 Å². The van der Waals surface area contributed by atoms with Crippen molar-refractivity contribution in [3.63, 3.8) is 0 Å². The van der Waals surface area contributed by atoms with Crippen LogP contribution < -0.4 is 15.8 Å².